The molecule has 0 radical (unpaired) electrons. The van der Waals surface area contributed by atoms with Crippen molar-refractivity contribution in [1.82, 2.24) is 10.3 Å². The fraction of sp³-hybridized carbons (Fsp3) is 0.400. The van der Waals surface area contributed by atoms with Gasteiger partial charge in [-0.05, 0) is 61.3 Å². The lowest BCUT2D eigenvalue weighted by atomic mass is 10.1. The van der Waals surface area contributed by atoms with Crippen molar-refractivity contribution in [2.75, 3.05) is 0 Å². The molecule has 1 unspecified atom stereocenters. The molecule has 0 aliphatic heterocycles. The average Bonchev–Trinajstić information content (AvgIpc) is 2.70. The van der Waals surface area contributed by atoms with Gasteiger partial charge in [-0.15, -0.1) is 11.3 Å². The van der Waals surface area contributed by atoms with Crippen molar-refractivity contribution in [3.05, 3.63) is 49.6 Å². The third kappa shape index (κ3) is 3.45. The van der Waals surface area contributed by atoms with Gasteiger partial charge < -0.3 is 5.32 Å². The Kier molecular flexibility index (Phi) is 4.94. The van der Waals surface area contributed by atoms with Gasteiger partial charge in [0.05, 0.1) is 16.2 Å². The zero-order valence-electron chi connectivity index (χ0n) is 12.0. The number of halogens is 2. The SMILES string of the molecule is Cc1nc(C(NC(C)C)c2ccc(Br)c(F)c2)sc1C. The van der Waals surface area contributed by atoms with Crippen molar-refractivity contribution in [1.29, 1.82) is 0 Å². The van der Waals surface area contributed by atoms with E-state index in [9.17, 15) is 4.39 Å². The van der Waals surface area contributed by atoms with E-state index < -0.39 is 0 Å². The van der Waals surface area contributed by atoms with Crippen LogP contribution in [0.1, 0.15) is 41.0 Å². The van der Waals surface area contributed by atoms with Gasteiger partial charge in [0.1, 0.15) is 10.8 Å². The maximum Gasteiger partial charge on any atom is 0.137 e. The highest BCUT2D eigenvalue weighted by Crippen LogP contribution is 2.30. The number of rotatable bonds is 4. The largest absolute Gasteiger partial charge is 0.302 e. The average molecular weight is 357 g/mol. The summed E-state index contributed by atoms with van der Waals surface area (Å²) in [5, 5.41) is 4.45. The van der Waals surface area contributed by atoms with Gasteiger partial charge >= 0.3 is 0 Å². The molecule has 0 amide bonds. The topological polar surface area (TPSA) is 24.9 Å². The molecule has 1 aromatic carbocycles. The molecule has 1 N–H and O–H groups in total. The second-order valence-electron chi connectivity index (χ2n) is 5.12. The van der Waals surface area contributed by atoms with Gasteiger partial charge in [-0.2, -0.15) is 0 Å². The minimum atomic E-state index is -0.247. The second-order valence-corrected chi connectivity index (χ2v) is 7.21. The molecular weight excluding hydrogens is 339 g/mol. The van der Waals surface area contributed by atoms with Crippen LogP contribution in [-0.4, -0.2) is 11.0 Å². The predicted octanol–water partition coefficient (Wildman–Crippen LogP) is 4.75. The van der Waals surface area contributed by atoms with Gasteiger partial charge in [0.2, 0.25) is 0 Å². The standard InChI is InChI=1S/C15H18BrFN2S/c1-8(2)18-14(15-19-9(3)10(4)20-15)11-5-6-12(16)13(17)7-11/h5-8,14,18H,1-4H3. The Balaban J connectivity index is 2.43. The molecule has 0 fully saturated rings. The molecule has 20 heavy (non-hydrogen) atoms. The Hall–Kier alpha value is -0.780. The van der Waals surface area contributed by atoms with Crippen LogP contribution in [0.3, 0.4) is 0 Å². The van der Waals surface area contributed by atoms with Gasteiger partial charge in [-0.25, -0.2) is 9.37 Å². The lowest BCUT2D eigenvalue weighted by Crippen LogP contribution is -2.29. The Morgan fingerprint density at radius 3 is 2.50 bits per heavy atom. The van der Waals surface area contributed by atoms with E-state index in [1.165, 1.54) is 4.88 Å². The molecular formula is C15H18BrFN2S. The number of hydrogen-bond acceptors (Lipinski definition) is 3. The number of hydrogen-bond donors (Lipinski definition) is 1. The molecule has 0 aliphatic rings. The Bertz CT molecular complexity index is 590. The van der Waals surface area contributed by atoms with Crippen LogP contribution < -0.4 is 5.32 Å². The number of thiazole rings is 1. The summed E-state index contributed by atoms with van der Waals surface area (Å²) in [5.74, 6) is -0.247. The van der Waals surface area contributed by atoms with Crippen LogP contribution in [-0.2, 0) is 0 Å². The first-order valence-corrected chi connectivity index (χ1v) is 8.14. The number of aromatic nitrogens is 1. The van der Waals surface area contributed by atoms with Crippen LogP contribution in [0, 0.1) is 19.7 Å². The molecule has 2 rings (SSSR count). The summed E-state index contributed by atoms with van der Waals surface area (Å²) in [5.41, 5.74) is 1.94. The molecule has 1 atom stereocenters. The summed E-state index contributed by atoms with van der Waals surface area (Å²) in [6.07, 6.45) is 0. The van der Waals surface area contributed by atoms with Crippen molar-refractivity contribution in [3.8, 4) is 0 Å². The van der Waals surface area contributed by atoms with Crippen LogP contribution >= 0.6 is 27.3 Å². The minimum absolute atomic E-state index is 0.0741. The maximum atomic E-state index is 13.8. The lowest BCUT2D eigenvalue weighted by molar-refractivity contribution is 0.522. The van der Waals surface area contributed by atoms with E-state index in [0.29, 0.717) is 4.47 Å². The molecule has 1 heterocycles. The predicted molar refractivity (Wildman–Crippen MR) is 85.8 cm³/mol. The number of benzene rings is 1. The summed E-state index contributed by atoms with van der Waals surface area (Å²) < 4.78 is 14.3. The number of aryl methyl sites for hydroxylation is 2. The van der Waals surface area contributed by atoms with E-state index in [0.717, 1.165) is 16.3 Å². The van der Waals surface area contributed by atoms with Crippen LogP contribution in [0.5, 0.6) is 0 Å². The van der Waals surface area contributed by atoms with Gasteiger partial charge in [0.25, 0.3) is 0 Å². The monoisotopic (exact) mass is 356 g/mol. The molecule has 1 aromatic heterocycles. The Labute approximate surface area is 131 Å². The quantitative estimate of drug-likeness (QED) is 0.854. The highest BCUT2D eigenvalue weighted by Gasteiger charge is 2.20. The van der Waals surface area contributed by atoms with Crippen molar-refractivity contribution in [2.45, 2.75) is 39.8 Å². The first kappa shape index (κ1) is 15.6. The summed E-state index contributed by atoms with van der Waals surface area (Å²) in [6.45, 7) is 8.22. The molecule has 108 valence electrons. The highest BCUT2D eigenvalue weighted by atomic mass is 79.9. The fourth-order valence-electron chi connectivity index (χ4n) is 1.96. The molecule has 2 nitrogen and oxygen atoms in total. The van der Waals surface area contributed by atoms with Crippen LogP contribution in [0.25, 0.3) is 0 Å². The molecule has 0 saturated heterocycles. The van der Waals surface area contributed by atoms with Crippen LogP contribution in [0.4, 0.5) is 4.39 Å². The van der Waals surface area contributed by atoms with E-state index in [1.807, 2.05) is 13.0 Å². The van der Waals surface area contributed by atoms with E-state index in [-0.39, 0.29) is 17.9 Å². The van der Waals surface area contributed by atoms with Crippen LogP contribution in [0.15, 0.2) is 22.7 Å². The lowest BCUT2D eigenvalue weighted by Gasteiger charge is -2.20. The van der Waals surface area contributed by atoms with E-state index in [1.54, 1.807) is 23.5 Å². The molecule has 0 saturated carbocycles. The normalized spacial score (nSPS) is 12.9. The van der Waals surface area contributed by atoms with Crippen molar-refractivity contribution < 1.29 is 4.39 Å². The summed E-state index contributed by atoms with van der Waals surface area (Å²) in [7, 11) is 0. The molecule has 5 heteroatoms. The molecule has 0 aliphatic carbocycles. The van der Waals surface area contributed by atoms with Crippen molar-refractivity contribution in [3.63, 3.8) is 0 Å². The highest BCUT2D eigenvalue weighted by molar-refractivity contribution is 9.10. The molecule has 0 bridgehead atoms. The van der Waals surface area contributed by atoms with E-state index in [4.69, 9.17) is 0 Å². The summed E-state index contributed by atoms with van der Waals surface area (Å²) >= 11 is 4.85. The molecule has 0 spiro atoms. The number of nitrogens with zero attached hydrogens (tertiary/aromatic N) is 1. The van der Waals surface area contributed by atoms with Crippen molar-refractivity contribution >= 4 is 27.3 Å². The number of nitrogens with one attached hydrogen (secondary N) is 1. The van der Waals surface area contributed by atoms with E-state index in [2.05, 4.69) is 47.0 Å². The van der Waals surface area contributed by atoms with Gasteiger partial charge in [0, 0.05) is 10.9 Å². The van der Waals surface area contributed by atoms with Crippen molar-refractivity contribution in [2.24, 2.45) is 0 Å². The fourth-order valence-corrected chi connectivity index (χ4v) is 3.21. The van der Waals surface area contributed by atoms with Crippen LogP contribution in [0.2, 0.25) is 0 Å². The zero-order valence-corrected chi connectivity index (χ0v) is 14.4. The Morgan fingerprint density at radius 2 is 2.00 bits per heavy atom. The van der Waals surface area contributed by atoms with Gasteiger partial charge in [0.15, 0.2) is 0 Å². The third-order valence-electron chi connectivity index (χ3n) is 3.07. The van der Waals surface area contributed by atoms with Gasteiger partial charge in [-0.1, -0.05) is 6.07 Å². The second kappa shape index (κ2) is 6.33. The smallest absolute Gasteiger partial charge is 0.137 e. The first-order chi connectivity index (χ1) is 9.38. The van der Waals surface area contributed by atoms with Gasteiger partial charge in [-0.3, -0.25) is 0 Å². The summed E-state index contributed by atoms with van der Waals surface area (Å²) in [6, 6.07) is 5.45. The summed E-state index contributed by atoms with van der Waals surface area (Å²) in [4.78, 5) is 5.82. The minimum Gasteiger partial charge on any atom is -0.302 e. The van der Waals surface area contributed by atoms with E-state index >= 15 is 0 Å². The zero-order chi connectivity index (χ0) is 14.9. The first-order valence-electron chi connectivity index (χ1n) is 6.53. The third-order valence-corrected chi connectivity index (χ3v) is 4.85. The molecule has 2 aromatic rings. The maximum absolute atomic E-state index is 13.8. The Morgan fingerprint density at radius 1 is 1.30 bits per heavy atom.